The SMILES string of the molecule is OCC1CCCC(Nc2nnc(C(F)(F)F)s2)C1. The van der Waals surface area contributed by atoms with Crippen LogP contribution in [0.1, 0.15) is 30.7 Å². The van der Waals surface area contributed by atoms with Crippen molar-refractivity contribution in [3.05, 3.63) is 5.01 Å². The molecule has 1 fully saturated rings. The summed E-state index contributed by atoms with van der Waals surface area (Å²) in [5.41, 5.74) is 0. The van der Waals surface area contributed by atoms with Gasteiger partial charge in [-0.05, 0) is 25.2 Å². The Labute approximate surface area is 106 Å². The minimum Gasteiger partial charge on any atom is -0.396 e. The van der Waals surface area contributed by atoms with Crippen molar-refractivity contribution in [3.63, 3.8) is 0 Å². The van der Waals surface area contributed by atoms with E-state index in [1.807, 2.05) is 0 Å². The van der Waals surface area contributed by atoms with E-state index in [0.717, 1.165) is 25.7 Å². The quantitative estimate of drug-likeness (QED) is 0.894. The first kappa shape index (κ1) is 13.5. The van der Waals surface area contributed by atoms with Gasteiger partial charge in [0.05, 0.1) is 0 Å². The second-order valence-electron chi connectivity index (χ2n) is 4.47. The summed E-state index contributed by atoms with van der Waals surface area (Å²) in [7, 11) is 0. The summed E-state index contributed by atoms with van der Waals surface area (Å²) in [5.74, 6) is 0.228. The Morgan fingerprint density at radius 3 is 2.72 bits per heavy atom. The van der Waals surface area contributed by atoms with Crippen molar-refractivity contribution in [2.45, 2.75) is 37.9 Å². The van der Waals surface area contributed by atoms with E-state index < -0.39 is 11.2 Å². The second kappa shape index (κ2) is 5.40. The third-order valence-corrected chi connectivity index (χ3v) is 3.94. The fourth-order valence-electron chi connectivity index (χ4n) is 2.16. The molecule has 1 saturated carbocycles. The van der Waals surface area contributed by atoms with Crippen molar-refractivity contribution in [3.8, 4) is 0 Å². The van der Waals surface area contributed by atoms with E-state index in [1.165, 1.54) is 0 Å². The van der Waals surface area contributed by atoms with E-state index in [9.17, 15) is 13.2 Å². The zero-order valence-corrected chi connectivity index (χ0v) is 10.4. The first-order chi connectivity index (χ1) is 8.49. The van der Waals surface area contributed by atoms with Crippen LogP contribution in [0.25, 0.3) is 0 Å². The molecule has 18 heavy (non-hydrogen) atoms. The molecule has 2 N–H and O–H groups in total. The molecule has 0 bridgehead atoms. The standard InChI is InChI=1S/C10H14F3N3OS/c11-10(12,13)8-15-16-9(18-8)14-7-3-1-2-6(4-7)5-17/h6-7,17H,1-5H2,(H,14,16). The fourth-order valence-corrected chi connectivity index (χ4v) is 2.85. The van der Waals surface area contributed by atoms with Crippen LogP contribution in [0, 0.1) is 5.92 Å². The largest absolute Gasteiger partial charge is 0.445 e. The minimum absolute atomic E-state index is 0.0740. The van der Waals surface area contributed by atoms with E-state index in [1.54, 1.807) is 0 Å². The highest BCUT2D eigenvalue weighted by Gasteiger charge is 2.36. The molecule has 2 rings (SSSR count). The Morgan fingerprint density at radius 2 is 2.11 bits per heavy atom. The minimum atomic E-state index is -4.43. The Morgan fingerprint density at radius 1 is 1.33 bits per heavy atom. The van der Waals surface area contributed by atoms with Crippen molar-refractivity contribution in [1.82, 2.24) is 10.2 Å². The van der Waals surface area contributed by atoms with E-state index in [-0.39, 0.29) is 23.7 Å². The van der Waals surface area contributed by atoms with Gasteiger partial charge in [-0.1, -0.05) is 17.8 Å². The van der Waals surface area contributed by atoms with Gasteiger partial charge in [0.15, 0.2) is 0 Å². The van der Waals surface area contributed by atoms with Gasteiger partial charge in [0.1, 0.15) is 0 Å². The van der Waals surface area contributed by atoms with Gasteiger partial charge >= 0.3 is 6.18 Å². The average Bonchev–Trinajstić information content (AvgIpc) is 2.77. The molecule has 0 amide bonds. The van der Waals surface area contributed by atoms with E-state index >= 15 is 0 Å². The maximum absolute atomic E-state index is 12.3. The predicted octanol–water partition coefficient (Wildman–Crippen LogP) is 2.52. The van der Waals surface area contributed by atoms with Gasteiger partial charge in [0, 0.05) is 12.6 Å². The number of aliphatic hydroxyl groups excluding tert-OH is 1. The highest BCUT2D eigenvalue weighted by Crippen LogP contribution is 2.34. The molecule has 0 radical (unpaired) electrons. The molecule has 1 heterocycles. The zero-order chi connectivity index (χ0) is 13.2. The molecule has 2 unspecified atom stereocenters. The molecule has 0 aliphatic heterocycles. The molecule has 8 heteroatoms. The van der Waals surface area contributed by atoms with E-state index in [0.29, 0.717) is 11.3 Å². The Balaban J connectivity index is 1.95. The molecule has 1 aromatic heterocycles. The summed E-state index contributed by atoms with van der Waals surface area (Å²) in [4.78, 5) is 0. The van der Waals surface area contributed by atoms with Gasteiger partial charge in [-0.15, -0.1) is 10.2 Å². The van der Waals surface area contributed by atoms with Crippen LogP contribution in [0.4, 0.5) is 18.3 Å². The topological polar surface area (TPSA) is 58.0 Å². The van der Waals surface area contributed by atoms with Crippen LogP contribution in [0.2, 0.25) is 0 Å². The Bertz CT molecular complexity index is 396. The molecule has 2 atom stereocenters. The lowest BCUT2D eigenvalue weighted by atomic mass is 9.86. The molecule has 0 aromatic carbocycles. The monoisotopic (exact) mass is 281 g/mol. The molecule has 1 aromatic rings. The highest BCUT2D eigenvalue weighted by atomic mass is 32.1. The van der Waals surface area contributed by atoms with Crippen LogP contribution in [0.15, 0.2) is 0 Å². The summed E-state index contributed by atoms with van der Waals surface area (Å²) in [6.45, 7) is 0.127. The molecule has 102 valence electrons. The number of aliphatic hydroxyl groups is 1. The van der Waals surface area contributed by atoms with Gasteiger partial charge in [-0.25, -0.2) is 0 Å². The van der Waals surface area contributed by atoms with Gasteiger partial charge in [-0.3, -0.25) is 0 Å². The average molecular weight is 281 g/mol. The van der Waals surface area contributed by atoms with Crippen LogP contribution < -0.4 is 5.32 Å². The summed E-state index contributed by atoms with van der Waals surface area (Å²) in [6, 6.07) is 0.0740. The van der Waals surface area contributed by atoms with Crippen LogP contribution in [-0.2, 0) is 6.18 Å². The molecular formula is C10H14F3N3OS. The van der Waals surface area contributed by atoms with Crippen molar-refractivity contribution >= 4 is 16.5 Å². The van der Waals surface area contributed by atoms with Crippen LogP contribution >= 0.6 is 11.3 Å². The molecule has 1 aliphatic carbocycles. The predicted molar refractivity (Wildman–Crippen MR) is 61.4 cm³/mol. The van der Waals surface area contributed by atoms with E-state index in [2.05, 4.69) is 15.5 Å². The smallest absolute Gasteiger partial charge is 0.396 e. The fraction of sp³-hybridized carbons (Fsp3) is 0.800. The third kappa shape index (κ3) is 3.32. The number of alkyl halides is 3. The van der Waals surface area contributed by atoms with Crippen LogP contribution in [0.3, 0.4) is 0 Å². The number of rotatable bonds is 3. The first-order valence-corrected chi connectivity index (χ1v) is 6.59. The van der Waals surface area contributed by atoms with Crippen LogP contribution in [-0.4, -0.2) is 28.0 Å². The maximum atomic E-state index is 12.3. The molecule has 4 nitrogen and oxygen atoms in total. The van der Waals surface area contributed by atoms with Crippen molar-refractivity contribution in [1.29, 1.82) is 0 Å². The Hall–Kier alpha value is -0.890. The summed E-state index contributed by atoms with van der Waals surface area (Å²) >= 11 is 0.521. The lowest BCUT2D eigenvalue weighted by molar-refractivity contribution is -0.138. The zero-order valence-electron chi connectivity index (χ0n) is 9.57. The van der Waals surface area contributed by atoms with Crippen LogP contribution in [0.5, 0.6) is 0 Å². The maximum Gasteiger partial charge on any atom is 0.445 e. The normalized spacial score (nSPS) is 25.1. The third-order valence-electron chi connectivity index (χ3n) is 3.04. The second-order valence-corrected chi connectivity index (χ2v) is 5.44. The summed E-state index contributed by atoms with van der Waals surface area (Å²) in [6.07, 6.45) is -0.848. The van der Waals surface area contributed by atoms with Crippen molar-refractivity contribution < 1.29 is 18.3 Å². The number of halogens is 3. The van der Waals surface area contributed by atoms with Crippen molar-refractivity contribution in [2.24, 2.45) is 5.92 Å². The lowest BCUT2D eigenvalue weighted by Gasteiger charge is -2.28. The van der Waals surface area contributed by atoms with Crippen molar-refractivity contribution in [2.75, 3.05) is 11.9 Å². The van der Waals surface area contributed by atoms with Gasteiger partial charge in [0.2, 0.25) is 10.1 Å². The summed E-state index contributed by atoms with van der Waals surface area (Å²) < 4.78 is 37.0. The number of hydrogen-bond acceptors (Lipinski definition) is 5. The van der Waals surface area contributed by atoms with Gasteiger partial charge in [0.25, 0.3) is 0 Å². The highest BCUT2D eigenvalue weighted by molar-refractivity contribution is 7.15. The molecule has 0 saturated heterocycles. The van der Waals surface area contributed by atoms with Gasteiger partial charge < -0.3 is 10.4 Å². The molecular weight excluding hydrogens is 267 g/mol. The lowest BCUT2D eigenvalue weighted by Crippen LogP contribution is -2.28. The molecule has 1 aliphatic rings. The number of nitrogens with one attached hydrogen (secondary N) is 1. The molecule has 0 spiro atoms. The van der Waals surface area contributed by atoms with E-state index in [4.69, 9.17) is 5.11 Å². The van der Waals surface area contributed by atoms with Gasteiger partial charge in [-0.2, -0.15) is 13.2 Å². The number of hydrogen-bond donors (Lipinski definition) is 2. The number of anilines is 1. The Kier molecular flexibility index (Phi) is 4.06. The summed E-state index contributed by atoms with van der Waals surface area (Å²) in [5, 5.41) is 18.0. The number of aromatic nitrogens is 2. The first-order valence-electron chi connectivity index (χ1n) is 5.77. The number of nitrogens with zero attached hydrogens (tertiary/aromatic N) is 2.